The number of carbonyl (C=O) groups is 2. The zero-order valence-corrected chi connectivity index (χ0v) is 15.2. The summed E-state index contributed by atoms with van der Waals surface area (Å²) in [6, 6.07) is 7.37. The second-order valence-corrected chi connectivity index (χ2v) is 6.52. The molecule has 28 heavy (non-hydrogen) atoms. The summed E-state index contributed by atoms with van der Waals surface area (Å²) >= 11 is 0. The van der Waals surface area contributed by atoms with Gasteiger partial charge in [0.25, 0.3) is 17.5 Å². The van der Waals surface area contributed by atoms with Crippen molar-refractivity contribution in [1.29, 1.82) is 0 Å². The fourth-order valence-corrected chi connectivity index (χ4v) is 3.56. The molecule has 0 unspecified atom stereocenters. The van der Waals surface area contributed by atoms with Crippen LogP contribution in [0.3, 0.4) is 0 Å². The summed E-state index contributed by atoms with van der Waals surface area (Å²) < 4.78 is 0. The molecule has 0 aliphatic carbocycles. The molecule has 0 radical (unpaired) electrons. The van der Waals surface area contributed by atoms with Crippen molar-refractivity contribution in [3.05, 3.63) is 51.6 Å². The number of benzene rings is 2. The van der Waals surface area contributed by atoms with Crippen LogP contribution >= 0.6 is 0 Å². The van der Waals surface area contributed by atoms with Crippen molar-refractivity contribution in [1.82, 2.24) is 9.80 Å². The third kappa shape index (κ3) is 3.59. The monoisotopic (exact) mass is 387 g/mol. The number of hydrogen-bond acceptors (Lipinski definition) is 7. The molecule has 2 aromatic carbocycles. The van der Waals surface area contributed by atoms with E-state index >= 15 is 0 Å². The first-order valence-corrected chi connectivity index (χ1v) is 9.00. The molecule has 2 aromatic rings. The molecule has 1 aliphatic rings. The Balaban J connectivity index is 1.86. The van der Waals surface area contributed by atoms with Crippen molar-refractivity contribution >= 4 is 28.3 Å². The van der Waals surface area contributed by atoms with Crippen LogP contribution in [0.15, 0.2) is 30.3 Å². The number of imide groups is 1. The second kappa shape index (κ2) is 8.42. The highest BCUT2D eigenvalue weighted by atomic mass is 16.6. The van der Waals surface area contributed by atoms with Crippen molar-refractivity contribution in [3.63, 3.8) is 0 Å². The van der Waals surface area contributed by atoms with E-state index in [4.69, 9.17) is 10.2 Å². The first-order valence-electron chi connectivity index (χ1n) is 9.00. The molecule has 0 bridgehead atoms. The molecule has 9 heteroatoms. The Kier molecular flexibility index (Phi) is 5.98. The van der Waals surface area contributed by atoms with Crippen LogP contribution in [0.1, 0.15) is 27.1 Å². The maximum atomic E-state index is 12.9. The Hall–Kier alpha value is -2.88. The van der Waals surface area contributed by atoms with Crippen LogP contribution in [-0.4, -0.2) is 76.1 Å². The summed E-state index contributed by atoms with van der Waals surface area (Å²) in [5.41, 5.74) is 0.412. The van der Waals surface area contributed by atoms with E-state index in [0.717, 1.165) is 4.90 Å². The predicted octanol–water partition coefficient (Wildman–Crippen LogP) is 1.02. The number of amides is 2. The van der Waals surface area contributed by atoms with Crippen LogP contribution in [0.4, 0.5) is 5.69 Å². The second-order valence-electron chi connectivity index (χ2n) is 6.52. The largest absolute Gasteiger partial charge is 0.395 e. The standard InChI is InChI=1S/C19H21N3O6/c23-11-9-20(10-12-24)7-2-8-21-18(25)14-4-1-3-13-16(22(27)28)6-5-15(17(13)14)19(21)26/h1,3-6,23-24H,2,7-12H2. The normalized spacial score (nSPS) is 13.6. The molecule has 0 aromatic heterocycles. The predicted molar refractivity (Wildman–Crippen MR) is 101 cm³/mol. The number of carbonyl (C=O) groups excluding carboxylic acids is 2. The summed E-state index contributed by atoms with van der Waals surface area (Å²) in [6.45, 7) is 1.39. The van der Waals surface area contributed by atoms with Gasteiger partial charge in [-0.15, -0.1) is 0 Å². The van der Waals surface area contributed by atoms with Gasteiger partial charge in [-0.2, -0.15) is 0 Å². The fraction of sp³-hybridized carbons (Fsp3) is 0.368. The van der Waals surface area contributed by atoms with E-state index in [9.17, 15) is 19.7 Å². The van der Waals surface area contributed by atoms with Crippen molar-refractivity contribution in [2.45, 2.75) is 6.42 Å². The Bertz CT molecular complexity index is 901. The number of non-ortho nitro benzene ring substituents is 1. The lowest BCUT2D eigenvalue weighted by Crippen LogP contribution is -2.42. The quantitative estimate of drug-likeness (QED) is 0.374. The van der Waals surface area contributed by atoms with Crippen LogP contribution in [0.2, 0.25) is 0 Å². The van der Waals surface area contributed by atoms with Gasteiger partial charge in [0, 0.05) is 48.8 Å². The van der Waals surface area contributed by atoms with Crippen LogP contribution in [-0.2, 0) is 0 Å². The number of nitro benzene ring substituents is 1. The first kappa shape index (κ1) is 19.9. The molecule has 148 valence electrons. The first-order chi connectivity index (χ1) is 13.5. The third-order valence-corrected chi connectivity index (χ3v) is 4.85. The van der Waals surface area contributed by atoms with Gasteiger partial charge < -0.3 is 10.2 Å². The molecular weight excluding hydrogens is 366 g/mol. The minimum absolute atomic E-state index is 0.0459. The summed E-state index contributed by atoms with van der Waals surface area (Å²) in [7, 11) is 0. The average Bonchev–Trinajstić information content (AvgIpc) is 2.68. The van der Waals surface area contributed by atoms with Gasteiger partial charge in [0.2, 0.25) is 0 Å². The van der Waals surface area contributed by atoms with E-state index in [-0.39, 0.29) is 42.0 Å². The van der Waals surface area contributed by atoms with Gasteiger partial charge in [-0.05, 0) is 24.6 Å². The van der Waals surface area contributed by atoms with Gasteiger partial charge in [0.05, 0.1) is 23.5 Å². The Morgan fingerprint density at radius 3 is 2.21 bits per heavy atom. The number of hydrogen-bond donors (Lipinski definition) is 2. The van der Waals surface area contributed by atoms with E-state index in [1.807, 2.05) is 4.90 Å². The van der Waals surface area contributed by atoms with E-state index < -0.39 is 16.7 Å². The topological polar surface area (TPSA) is 124 Å². The summed E-state index contributed by atoms with van der Waals surface area (Å²) in [6.07, 6.45) is 0.482. The third-order valence-electron chi connectivity index (χ3n) is 4.85. The minimum Gasteiger partial charge on any atom is -0.395 e. The van der Waals surface area contributed by atoms with Gasteiger partial charge in [0.15, 0.2) is 0 Å². The van der Waals surface area contributed by atoms with Crippen LogP contribution in [0, 0.1) is 10.1 Å². The molecule has 1 heterocycles. The van der Waals surface area contributed by atoms with Gasteiger partial charge in [-0.25, -0.2) is 0 Å². The van der Waals surface area contributed by atoms with Crippen LogP contribution in [0.25, 0.3) is 10.8 Å². The molecule has 2 amide bonds. The van der Waals surface area contributed by atoms with E-state index in [0.29, 0.717) is 31.4 Å². The lowest BCUT2D eigenvalue weighted by Gasteiger charge is -2.28. The van der Waals surface area contributed by atoms with Crippen molar-refractivity contribution in [3.8, 4) is 0 Å². The molecule has 1 aliphatic heterocycles. The lowest BCUT2D eigenvalue weighted by atomic mass is 9.93. The smallest absolute Gasteiger partial charge is 0.277 e. The Labute approximate surface area is 160 Å². The number of nitrogens with zero attached hydrogens (tertiary/aromatic N) is 3. The number of rotatable bonds is 9. The van der Waals surface area contributed by atoms with E-state index in [1.54, 1.807) is 18.2 Å². The van der Waals surface area contributed by atoms with Gasteiger partial charge >= 0.3 is 0 Å². The maximum absolute atomic E-state index is 12.9. The van der Waals surface area contributed by atoms with Crippen LogP contribution in [0.5, 0.6) is 0 Å². The van der Waals surface area contributed by atoms with E-state index in [2.05, 4.69) is 0 Å². The zero-order valence-electron chi connectivity index (χ0n) is 15.2. The number of aliphatic hydroxyl groups is 2. The van der Waals surface area contributed by atoms with Crippen LogP contribution < -0.4 is 0 Å². The average molecular weight is 387 g/mol. The summed E-state index contributed by atoms with van der Waals surface area (Å²) in [5, 5.41) is 30.0. The van der Waals surface area contributed by atoms with Crippen molar-refractivity contribution < 1.29 is 24.7 Å². The zero-order chi connectivity index (χ0) is 20.3. The molecule has 9 nitrogen and oxygen atoms in total. The Morgan fingerprint density at radius 1 is 0.964 bits per heavy atom. The Morgan fingerprint density at radius 2 is 1.61 bits per heavy atom. The lowest BCUT2D eigenvalue weighted by molar-refractivity contribution is -0.383. The molecule has 0 saturated carbocycles. The molecule has 0 spiro atoms. The van der Waals surface area contributed by atoms with Gasteiger partial charge in [-0.3, -0.25) is 29.5 Å². The molecule has 2 N–H and O–H groups in total. The number of nitro groups is 1. The minimum atomic E-state index is -0.527. The van der Waals surface area contributed by atoms with Gasteiger partial charge in [-0.1, -0.05) is 6.07 Å². The highest BCUT2D eigenvalue weighted by Crippen LogP contribution is 2.35. The highest BCUT2D eigenvalue weighted by Gasteiger charge is 2.34. The number of aliphatic hydroxyl groups excluding tert-OH is 2. The fourth-order valence-electron chi connectivity index (χ4n) is 3.56. The van der Waals surface area contributed by atoms with Crippen molar-refractivity contribution in [2.24, 2.45) is 0 Å². The van der Waals surface area contributed by atoms with Crippen molar-refractivity contribution in [2.75, 3.05) is 39.4 Å². The molecule has 0 fully saturated rings. The van der Waals surface area contributed by atoms with Gasteiger partial charge in [0.1, 0.15) is 0 Å². The molecule has 0 saturated heterocycles. The summed E-state index contributed by atoms with van der Waals surface area (Å²) in [5.74, 6) is -0.945. The maximum Gasteiger partial charge on any atom is 0.277 e. The van der Waals surface area contributed by atoms with E-state index in [1.165, 1.54) is 12.1 Å². The highest BCUT2D eigenvalue weighted by molar-refractivity contribution is 6.26. The summed E-state index contributed by atoms with van der Waals surface area (Å²) in [4.78, 5) is 39.5. The SMILES string of the molecule is O=C1c2cccc3c([N+](=O)[O-])ccc(c23)C(=O)N1CCCN(CCO)CCO. The molecule has 3 rings (SSSR count). The molecule has 0 atom stereocenters. The molecular formula is C19H21N3O6.